The summed E-state index contributed by atoms with van der Waals surface area (Å²) >= 11 is 0. The Kier molecular flexibility index (Phi) is 7.83. The van der Waals surface area contributed by atoms with E-state index in [1.165, 1.54) is 28.0 Å². The smallest absolute Gasteiger partial charge is 0.165 e. The van der Waals surface area contributed by atoms with Crippen molar-refractivity contribution < 1.29 is 0 Å². The first-order chi connectivity index (χ1) is 26.3. The lowest BCUT2D eigenvalue weighted by Gasteiger charge is -2.32. The Morgan fingerprint density at radius 3 is 2.21 bits per heavy atom. The Bertz CT molecular complexity index is 2490. The fourth-order valence-electron chi connectivity index (χ4n) is 8.37. The fraction of sp³-hybridized carbons (Fsp3) is 0.125. The number of nitrogens with zero attached hydrogens (tertiary/aromatic N) is 5. The highest BCUT2D eigenvalue weighted by molar-refractivity contribution is 5.77. The predicted molar refractivity (Wildman–Crippen MR) is 215 cm³/mol. The molecule has 3 aliphatic carbocycles. The van der Waals surface area contributed by atoms with Gasteiger partial charge in [-0.1, -0.05) is 146 Å². The average molecular weight is 684 g/mol. The molecule has 1 aliphatic heterocycles. The molecule has 0 N–H and O–H groups in total. The van der Waals surface area contributed by atoms with Gasteiger partial charge < -0.3 is 4.90 Å². The van der Waals surface area contributed by atoms with Crippen molar-refractivity contribution in [3.63, 3.8) is 0 Å². The summed E-state index contributed by atoms with van der Waals surface area (Å²) in [5.41, 5.74) is 11.8. The van der Waals surface area contributed by atoms with Crippen LogP contribution in [0.1, 0.15) is 53.6 Å². The molecule has 0 saturated carbocycles. The van der Waals surface area contributed by atoms with E-state index >= 15 is 0 Å². The zero-order valence-corrected chi connectivity index (χ0v) is 29.3. The minimum atomic E-state index is 0.186. The van der Waals surface area contributed by atoms with E-state index in [1.54, 1.807) is 0 Å². The summed E-state index contributed by atoms with van der Waals surface area (Å²) in [5, 5.41) is 0. The van der Waals surface area contributed by atoms with Gasteiger partial charge in [-0.15, -0.1) is 0 Å². The van der Waals surface area contributed by atoms with Gasteiger partial charge in [0.05, 0.1) is 6.04 Å². The van der Waals surface area contributed by atoms with Crippen LogP contribution in [-0.4, -0.2) is 26.0 Å². The standard InChI is InChI=1S/C48H37N5/c1-3-13-32(14-4-1)35-18-11-20-37(29-35)46-50-47(38-21-12-19-36(30-38)33-15-5-2-6-16-33)52-48(51-46)39-26-28-44(49-31-39)53-42-24-10-9-23-41(42)45-40-22-8-7-17-34(40)25-27-43(45)53/h1-9,11-18,20-23,25-31,36,43,45H,10,19,24H2. The zero-order valence-electron chi connectivity index (χ0n) is 29.3. The SMILES string of the molecule is C1=CC2=C(CC1)N(c1ccc(-c3nc(C4=CC(c5ccccc5)CC=C4)nc(-c4cccc(-c5ccccc5)c4)n3)cn1)C1C=Cc3ccccc3C21. The van der Waals surface area contributed by atoms with Gasteiger partial charge in [0.1, 0.15) is 5.82 Å². The molecule has 0 saturated heterocycles. The van der Waals surface area contributed by atoms with Crippen molar-refractivity contribution in [3.8, 4) is 33.9 Å². The van der Waals surface area contributed by atoms with Crippen molar-refractivity contribution in [3.05, 3.63) is 198 Å². The van der Waals surface area contributed by atoms with E-state index < -0.39 is 0 Å². The monoisotopic (exact) mass is 683 g/mol. The Labute approximate surface area is 310 Å². The van der Waals surface area contributed by atoms with Crippen LogP contribution in [0.25, 0.3) is 45.6 Å². The lowest BCUT2D eigenvalue weighted by molar-refractivity contribution is 0.700. The van der Waals surface area contributed by atoms with E-state index in [2.05, 4.69) is 163 Å². The molecule has 4 aliphatic rings. The summed E-state index contributed by atoms with van der Waals surface area (Å²) < 4.78 is 0. The van der Waals surface area contributed by atoms with Gasteiger partial charge in [-0.2, -0.15) is 0 Å². The second-order valence-corrected chi connectivity index (χ2v) is 14.1. The number of fused-ring (bicyclic) bond motifs is 4. The molecule has 254 valence electrons. The van der Waals surface area contributed by atoms with E-state index in [0.29, 0.717) is 23.4 Å². The molecule has 4 aromatic carbocycles. The van der Waals surface area contributed by atoms with E-state index in [9.17, 15) is 0 Å². The van der Waals surface area contributed by atoms with Gasteiger partial charge in [0.2, 0.25) is 0 Å². The van der Waals surface area contributed by atoms with Crippen molar-refractivity contribution >= 4 is 17.5 Å². The second-order valence-electron chi connectivity index (χ2n) is 14.1. The summed E-state index contributed by atoms with van der Waals surface area (Å²) in [4.78, 5) is 22.9. The van der Waals surface area contributed by atoms with Crippen LogP contribution in [0.5, 0.6) is 0 Å². The molecule has 3 atom stereocenters. The Balaban J connectivity index is 1.05. The van der Waals surface area contributed by atoms with Crippen LogP contribution < -0.4 is 4.90 Å². The number of rotatable bonds is 6. The molecular formula is C48H37N5. The Hall–Kier alpha value is -6.46. The number of allylic oxidation sites excluding steroid dienone is 7. The van der Waals surface area contributed by atoms with E-state index in [1.807, 2.05) is 12.3 Å². The topological polar surface area (TPSA) is 54.8 Å². The van der Waals surface area contributed by atoms with Crippen LogP contribution in [0, 0.1) is 0 Å². The molecule has 0 fully saturated rings. The molecule has 3 heterocycles. The van der Waals surface area contributed by atoms with Crippen molar-refractivity contribution in [1.82, 2.24) is 19.9 Å². The first-order valence-electron chi connectivity index (χ1n) is 18.5. The van der Waals surface area contributed by atoms with Gasteiger partial charge in [0, 0.05) is 40.4 Å². The second kappa shape index (κ2) is 13.3. The minimum Gasteiger partial charge on any atom is -0.322 e. The molecular weight excluding hydrogens is 647 g/mol. The highest BCUT2D eigenvalue weighted by Crippen LogP contribution is 2.50. The molecule has 6 aromatic rings. The highest BCUT2D eigenvalue weighted by atomic mass is 15.2. The lowest BCUT2D eigenvalue weighted by Crippen LogP contribution is -2.33. The minimum absolute atomic E-state index is 0.186. The molecule has 0 radical (unpaired) electrons. The number of anilines is 1. The summed E-state index contributed by atoms with van der Waals surface area (Å²) in [6.07, 6.45) is 20.9. The highest BCUT2D eigenvalue weighted by Gasteiger charge is 2.42. The maximum Gasteiger partial charge on any atom is 0.165 e. The van der Waals surface area contributed by atoms with Gasteiger partial charge in [-0.05, 0) is 70.9 Å². The summed E-state index contributed by atoms with van der Waals surface area (Å²) in [6, 6.07) is 42.8. The third-order valence-electron chi connectivity index (χ3n) is 10.9. The van der Waals surface area contributed by atoms with Gasteiger partial charge in [0.15, 0.2) is 17.5 Å². The largest absolute Gasteiger partial charge is 0.322 e. The molecule has 0 bridgehead atoms. The van der Waals surface area contributed by atoms with E-state index in [-0.39, 0.29) is 12.0 Å². The van der Waals surface area contributed by atoms with Crippen LogP contribution in [0.15, 0.2) is 175 Å². The number of hydrogen-bond donors (Lipinski definition) is 0. The average Bonchev–Trinajstić information content (AvgIpc) is 3.59. The fourth-order valence-corrected chi connectivity index (χ4v) is 8.37. The van der Waals surface area contributed by atoms with Crippen molar-refractivity contribution in [2.45, 2.75) is 37.1 Å². The molecule has 3 unspecified atom stereocenters. The Morgan fingerprint density at radius 1 is 0.604 bits per heavy atom. The van der Waals surface area contributed by atoms with Crippen molar-refractivity contribution in [1.29, 1.82) is 0 Å². The number of aromatic nitrogens is 4. The first kappa shape index (κ1) is 31.3. The van der Waals surface area contributed by atoms with Gasteiger partial charge >= 0.3 is 0 Å². The zero-order chi connectivity index (χ0) is 35.1. The summed E-state index contributed by atoms with van der Waals surface area (Å²) in [5.74, 6) is 3.40. The van der Waals surface area contributed by atoms with Crippen molar-refractivity contribution in [2.24, 2.45) is 0 Å². The van der Waals surface area contributed by atoms with Gasteiger partial charge in [-0.3, -0.25) is 0 Å². The maximum atomic E-state index is 5.13. The van der Waals surface area contributed by atoms with E-state index in [0.717, 1.165) is 52.9 Å². The third-order valence-corrected chi connectivity index (χ3v) is 10.9. The van der Waals surface area contributed by atoms with E-state index in [4.69, 9.17) is 19.9 Å². The first-order valence-corrected chi connectivity index (χ1v) is 18.5. The summed E-state index contributed by atoms with van der Waals surface area (Å²) in [7, 11) is 0. The van der Waals surface area contributed by atoms with Gasteiger partial charge in [-0.25, -0.2) is 19.9 Å². The van der Waals surface area contributed by atoms with Crippen LogP contribution in [0.2, 0.25) is 0 Å². The Morgan fingerprint density at radius 2 is 1.36 bits per heavy atom. The number of pyridine rings is 1. The molecule has 0 spiro atoms. The molecule has 53 heavy (non-hydrogen) atoms. The number of benzene rings is 4. The third kappa shape index (κ3) is 5.75. The molecule has 2 aromatic heterocycles. The summed E-state index contributed by atoms with van der Waals surface area (Å²) in [6.45, 7) is 0. The maximum absolute atomic E-state index is 5.13. The molecule has 5 heteroatoms. The quantitative estimate of drug-likeness (QED) is 0.175. The van der Waals surface area contributed by atoms with Crippen LogP contribution in [0.3, 0.4) is 0 Å². The normalized spacial score (nSPS) is 19.8. The number of hydrogen-bond acceptors (Lipinski definition) is 5. The van der Waals surface area contributed by atoms with Crippen LogP contribution in [0.4, 0.5) is 5.82 Å². The van der Waals surface area contributed by atoms with Gasteiger partial charge in [0.25, 0.3) is 0 Å². The predicted octanol–water partition coefficient (Wildman–Crippen LogP) is 11.0. The van der Waals surface area contributed by atoms with Crippen molar-refractivity contribution in [2.75, 3.05) is 4.90 Å². The van der Waals surface area contributed by atoms with Crippen LogP contribution in [-0.2, 0) is 0 Å². The molecule has 5 nitrogen and oxygen atoms in total. The molecule has 0 amide bonds. The van der Waals surface area contributed by atoms with Crippen LogP contribution >= 0.6 is 0 Å². The molecule has 10 rings (SSSR count). The lowest BCUT2D eigenvalue weighted by atomic mass is 9.80.